The molecule has 2 aromatic heterocycles. The van der Waals surface area contributed by atoms with Gasteiger partial charge in [-0.15, -0.1) is 22.7 Å². The second-order valence-electron chi connectivity index (χ2n) is 6.46. The third-order valence-corrected chi connectivity index (χ3v) is 6.11. The van der Waals surface area contributed by atoms with E-state index in [2.05, 4.69) is 14.7 Å². The van der Waals surface area contributed by atoms with Gasteiger partial charge in [-0.25, -0.2) is 14.8 Å². The molecule has 0 radical (unpaired) electrons. The predicted octanol–water partition coefficient (Wildman–Crippen LogP) is 2.18. The van der Waals surface area contributed by atoms with Crippen LogP contribution >= 0.6 is 22.7 Å². The molecular weight excluding hydrogens is 416 g/mol. The molecule has 0 aromatic carbocycles. The van der Waals surface area contributed by atoms with E-state index in [1.807, 2.05) is 5.38 Å². The van der Waals surface area contributed by atoms with Gasteiger partial charge in [0.25, 0.3) is 0 Å². The van der Waals surface area contributed by atoms with Crippen LogP contribution < -0.4 is 0 Å². The van der Waals surface area contributed by atoms with Gasteiger partial charge in [0.2, 0.25) is 0 Å². The summed E-state index contributed by atoms with van der Waals surface area (Å²) in [5.74, 6) is -0.717. The van der Waals surface area contributed by atoms with E-state index in [0.717, 1.165) is 0 Å². The van der Waals surface area contributed by atoms with Crippen LogP contribution in [0.2, 0.25) is 0 Å². The molecule has 0 bridgehead atoms. The summed E-state index contributed by atoms with van der Waals surface area (Å²) >= 11 is 2.62. The Morgan fingerprint density at radius 2 is 2.00 bits per heavy atom. The predicted molar refractivity (Wildman–Crippen MR) is 111 cm³/mol. The number of hydrogen-bond donors (Lipinski definition) is 3. The molecule has 0 amide bonds. The highest BCUT2D eigenvalue weighted by molar-refractivity contribution is 7.14. The maximum absolute atomic E-state index is 11.4. The zero-order valence-electron chi connectivity index (χ0n) is 16.5. The normalized spacial score (nSPS) is 16.4. The van der Waals surface area contributed by atoms with Crippen molar-refractivity contribution in [1.82, 2.24) is 9.97 Å². The van der Waals surface area contributed by atoms with Crippen molar-refractivity contribution >= 4 is 34.7 Å². The molecule has 8 nitrogen and oxygen atoms in total. The van der Waals surface area contributed by atoms with E-state index in [9.17, 15) is 20.1 Å². The summed E-state index contributed by atoms with van der Waals surface area (Å²) in [6.07, 6.45) is 3.53. The molecular formula is C19H24N2O6S2. The molecule has 3 N–H and O–H groups in total. The third-order valence-electron chi connectivity index (χ3n) is 4.14. The van der Waals surface area contributed by atoms with E-state index in [0.29, 0.717) is 27.2 Å². The standard InChI is InChI=1S/C19H24N2O6S2/c1-11(15(26-3)7-16(24)27-4)14(23)6-5-12-8-28-17(20-12)13-9-29-18(21-13)19(2,25)10-22/h5-9,11,14,22-23,25H,10H2,1-4H3/b6-5+,15-7+/t11-,14+,19-/m1/s1. The van der Waals surface area contributed by atoms with Crippen molar-refractivity contribution < 1.29 is 29.6 Å². The first kappa shape index (κ1) is 23.2. The molecule has 0 saturated heterocycles. The summed E-state index contributed by atoms with van der Waals surface area (Å²) in [4.78, 5) is 20.2. The summed E-state index contributed by atoms with van der Waals surface area (Å²) in [6, 6.07) is 0. The Labute approximate surface area is 176 Å². The fraction of sp³-hybridized carbons (Fsp3) is 0.421. The fourth-order valence-corrected chi connectivity index (χ4v) is 3.93. The quantitative estimate of drug-likeness (QED) is 0.308. The molecule has 0 saturated carbocycles. The van der Waals surface area contributed by atoms with E-state index < -0.39 is 30.2 Å². The van der Waals surface area contributed by atoms with E-state index >= 15 is 0 Å². The van der Waals surface area contributed by atoms with Crippen LogP contribution in [0.3, 0.4) is 0 Å². The lowest BCUT2D eigenvalue weighted by Crippen LogP contribution is -2.25. The van der Waals surface area contributed by atoms with E-state index in [4.69, 9.17) is 4.74 Å². The molecule has 3 atom stereocenters. The second kappa shape index (κ2) is 10.1. The largest absolute Gasteiger partial charge is 0.500 e. The van der Waals surface area contributed by atoms with Crippen LogP contribution in [0, 0.1) is 5.92 Å². The van der Waals surface area contributed by atoms with Crippen molar-refractivity contribution in [1.29, 1.82) is 0 Å². The smallest absolute Gasteiger partial charge is 0.333 e. The first-order valence-electron chi connectivity index (χ1n) is 8.66. The first-order chi connectivity index (χ1) is 13.7. The lowest BCUT2D eigenvalue weighted by Gasteiger charge is -2.17. The number of methoxy groups -OCH3 is 2. The number of nitrogens with zero attached hydrogens (tertiary/aromatic N) is 2. The van der Waals surface area contributed by atoms with Crippen molar-refractivity contribution in [3.8, 4) is 10.7 Å². The molecule has 0 aliphatic rings. The van der Waals surface area contributed by atoms with Gasteiger partial charge in [0.15, 0.2) is 0 Å². The Kier molecular flexibility index (Phi) is 8.05. The lowest BCUT2D eigenvalue weighted by atomic mass is 10.0. The molecule has 158 valence electrons. The minimum Gasteiger partial charge on any atom is -0.500 e. The highest BCUT2D eigenvalue weighted by Gasteiger charge is 2.26. The van der Waals surface area contributed by atoms with Gasteiger partial charge in [-0.3, -0.25) is 0 Å². The number of aliphatic hydroxyl groups is 3. The molecule has 0 aliphatic carbocycles. The Balaban J connectivity index is 2.10. The Bertz CT molecular complexity index is 887. The van der Waals surface area contributed by atoms with Crippen molar-refractivity contribution in [2.24, 2.45) is 5.92 Å². The highest BCUT2D eigenvalue weighted by atomic mass is 32.1. The number of ether oxygens (including phenoxy) is 2. The van der Waals surface area contributed by atoms with Crippen molar-refractivity contribution in [2.75, 3.05) is 20.8 Å². The van der Waals surface area contributed by atoms with Gasteiger partial charge in [0, 0.05) is 16.7 Å². The van der Waals surface area contributed by atoms with Crippen LogP contribution in [-0.4, -0.2) is 58.2 Å². The first-order valence-corrected chi connectivity index (χ1v) is 10.4. The molecule has 0 aliphatic heterocycles. The van der Waals surface area contributed by atoms with Crippen LogP contribution in [0.5, 0.6) is 0 Å². The molecule has 2 rings (SSSR count). The minimum absolute atomic E-state index is 0.305. The van der Waals surface area contributed by atoms with Gasteiger partial charge in [0.1, 0.15) is 27.1 Å². The Hall–Kier alpha value is -2.11. The lowest BCUT2D eigenvalue weighted by molar-refractivity contribution is -0.135. The van der Waals surface area contributed by atoms with Crippen LogP contribution in [-0.2, 0) is 19.9 Å². The zero-order valence-corrected chi connectivity index (χ0v) is 18.2. The fourth-order valence-electron chi connectivity index (χ4n) is 2.25. The van der Waals surface area contributed by atoms with Gasteiger partial charge in [0.05, 0.1) is 38.7 Å². The number of rotatable bonds is 9. The van der Waals surface area contributed by atoms with Crippen LogP contribution in [0.4, 0.5) is 0 Å². The molecule has 0 fully saturated rings. The average Bonchev–Trinajstić information content (AvgIpc) is 3.39. The van der Waals surface area contributed by atoms with E-state index in [-0.39, 0.29) is 0 Å². The van der Waals surface area contributed by atoms with Crippen LogP contribution in [0.1, 0.15) is 24.5 Å². The maximum atomic E-state index is 11.4. The minimum atomic E-state index is -1.39. The van der Waals surface area contributed by atoms with Crippen molar-refractivity contribution in [3.05, 3.63) is 39.4 Å². The molecule has 2 aromatic rings. The van der Waals surface area contributed by atoms with E-state index in [1.54, 1.807) is 24.5 Å². The SMILES string of the molecule is COC(=O)/C=C(/OC)[C@H](C)[C@@H](O)/C=C/c1csc(-c2csc([C@](C)(O)CO)n2)n1. The molecule has 10 heteroatoms. The third kappa shape index (κ3) is 5.94. The number of esters is 1. The summed E-state index contributed by atoms with van der Waals surface area (Å²) in [6.45, 7) is 2.80. The summed E-state index contributed by atoms with van der Waals surface area (Å²) < 4.78 is 9.74. The molecule has 0 spiro atoms. The summed E-state index contributed by atoms with van der Waals surface area (Å²) in [5.41, 5.74) is -0.143. The van der Waals surface area contributed by atoms with Gasteiger partial charge in [-0.1, -0.05) is 13.0 Å². The number of aromatic nitrogens is 2. The van der Waals surface area contributed by atoms with Crippen molar-refractivity contribution in [3.63, 3.8) is 0 Å². The number of hydrogen-bond acceptors (Lipinski definition) is 10. The Morgan fingerprint density at radius 1 is 1.28 bits per heavy atom. The van der Waals surface area contributed by atoms with Gasteiger partial charge < -0.3 is 24.8 Å². The summed E-state index contributed by atoms with van der Waals surface area (Å²) in [7, 11) is 2.69. The molecule has 29 heavy (non-hydrogen) atoms. The van der Waals surface area contributed by atoms with Gasteiger partial charge in [-0.05, 0) is 13.0 Å². The average molecular weight is 441 g/mol. The number of carbonyl (C=O) groups excluding carboxylic acids is 1. The second-order valence-corrected chi connectivity index (χ2v) is 8.18. The zero-order chi connectivity index (χ0) is 21.6. The molecule has 2 heterocycles. The molecule has 0 unspecified atom stereocenters. The van der Waals surface area contributed by atoms with Gasteiger partial charge in [-0.2, -0.15) is 0 Å². The van der Waals surface area contributed by atoms with E-state index in [1.165, 1.54) is 49.9 Å². The summed E-state index contributed by atoms with van der Waals surface area (Å²) in [5, 5.41) is 34.4. The Morgan fingerprint density at radius 3 is 2.62 bits per heavy atom. The highest BCUT2D eigenvalue weighted by Crippen LogP contribution is 2.30. The van der Waals surface area contributed by atoms with Crippen molar-refractivity contribution in [2.45, 2.75) is 25.6 Å². The van der Waals surface area contributed by atoms with Gasteiger partial charge >= 0.3 is 5.97 Å². The van der Waals surface area contributed by atoms with Crippen LogP contribution in [0.15, 0.2) is 28.7 Å². The number of thiazole rings is 2. The monoisotopic (exact) mass is 440 g/mol. The number of aliphatic hydroxyl groups excluding tert-OH is 2. The number of carbonyl (C=O) groups is 1. The maximum Gasteiger partial charge on any atom is 0.333 e. The van der Waals surface area contributed by atoms with Crippen LogP contribution in [0.25, 0.3) is 16.8 Å². The topological polar surface area (TPSA) is 122 Å².